The van der Waals surface area contributed by atoms with Crippen LogP contribution in [0, 0.1) is 0 Å². The number of aryl methyl sites for hydroxylation is 1. The molecule has 142 valence electrons. The van der Waals surface area contributed by atoms with Gasteiger partial charge in [0.25, 0.3) is 0 Å². The molecule has 1 amide bonds. The van der Waals surface area contributed by atoms with Crippen LogP contribution in [0.1, 0.15) is 12.0 Å². The summed E-state index contributed by atoms with van der Waals surface area (Å²) in [6, 6.07) is 14.0. The molecule has 3 aromatic rings. The third kappa shape index (κ3) is 4.83. The number of fused-ring (bicyclic) bond motifs is 1. The predicted octanol–water partition coefficient (Wildman–Crippen LogP) is 4.17. The first-order valence-corrected chi connectivity index (χ1v) is 9.62. The monoisotopic (exact) mass is 430 g/mol. The SMILES string of the molecule is COc1ccc(CCNC(=O)CCn2ccc3ccc(Br)cc32)cc1OC. The summed E-state index contributed by atoms with van der Waals surface area (Å²) in [6.45, 7) is 1.24. The zero-order chi connectivity index (χ0) is 19.2. The zero-order valence-corrected chi connectivity index (χ0v) is 17.1. The van der Waals surface area contributed by atoms with Crippen LogP contribution in [0.2, 0.25) is 0 Å². The number of rotatable bonds is 8. The maximum atomic E-state index is 12.2. The number of nitrogens with zero attached hydrogens (tertiary/aromatic N) is 1. The standard InChI is InChI=1S/C21H23BrN2O3/c1-26-19-6-3-15(13-20(19)27-2)7-10-23-21(25)9-12-24-11-8-16-4-5-17(22)14-18(16)24/h3-6,8,11,13-14H,7,9-10,12H2,1-2H3,(H,23,25). The molecule has 1 N–H and O–H groups in total. The molecule has 0 aliphatic rings. The fourth-order valence-electron chi connectivity index (χ4n) is 3.04. The molecule has 0 aliphatic carbocycles. The number of ether oxygens (including phenoxy) is 2. The smallest absolute Gasteiger partial charge is 0.221 e. The van der Waals surface area contributed by atoms with Crippen LogP contribution in [0.3, 0.4) is 0 Å². The number of amides is 1. The molecular formula is C21H23BrN2O3. The minimum atomic E-state index is 0.0484. The van der Waals surface area contributed by atoms with Crippen molar-refractivity contribution in [3.05, 3.63) is 58.7 Å². The molecule has 0 saturated heterocycles. The molecule has 0 spiro atoms. The van der Waals surface area contributed by atoms with E-state index >= 15 is 0 Å². The highest BCUT2D eigenvalue weighted by Crippen LogP contribution is 2.27. The van der Waals surface area contributed by atoms with E-state index in [2.05, 4.69) is 44.0 Å². The van der Waals surface area contributed by atoms with Crippen molar-refractivity contribution in [2.24, 2.45) is 0 Å². The first-order chi connectivity index (χ1) is 13.1. The van der Waals surface area contributed by atoms with Gasteiger partial charge in [-0.3, -0.25) is 4.79 Å². The van der Waals surface area contributed by atoms with Crippen LogP contribution in [-0.4, -0.2) is 31.2 Å². The zero-order valence-electron chi connectivity index (χ0n) is 15.5. The van der Waals surface area contributed by atoms with Crippen LogP contribution in [-0.2, 0) is 17.8 Å². The topological polar surface area (TPSA) is 52.5 Å². The highest BCUT2D eigenvalue weighted by Gasteiger charge is 2.07. The van der Waals surface area contributed by atoms with Gasteiger partial charge in [-0.15, -0.1) is 0 Å². The van der Waals surface area contributed by atoms with Gasteiger partial charge < -0.3 is 19.4 Å². The van der Waals surface area contributed by atoms with Crippen LogP contribution < -0.4 is 14.8 Å². The number of methoxy groups -OCH3 is 2. The molecule has 5 nitrogen and oxygen atoms in total. The maximum Gasteiger partial charge on any atom is 0.221 e. The molecule has 0 atom stereocenters. The van der Waals surface area contributed by atoms with Crippen LogP contribution in [0.5, 0.6) is 11.5 Å². The Bertz CT molecular complexity index is 936. The summed E-state index contributed by atoms with van der Waals surface area (Å²) in [7, 11) is 3.23. The Morgan fingerprint density at radius 1 is 1.07 bits per heavy atom. The fourth-order valence-corrected chi connectivity index (χ4v) is 3.39. The van der Waals surface area contributed by atoms with Crippen LogP contribution in [0.4, 0.5) is 0 Å². The van der Waals surface area contributed by atoms with Crippen molar-refractivity contribution in [2.45, 2.75) is 19.4 Å². The molecule has 0 bridgehead atoms. The number of carbonyl (C=O) groups is 1. The van der Waals surface area contributed by atoms with Crippen molar-refractivity contribution in [3.63, 3.8) is 0 Å². The minimum Gasteiger partial charge on any atom is -0.493 e. The van der Waals surface area contributed by atoms with Crippen molar-refractivity contribution >= 4 is 32.7 Å². The quantitative estimate of drug-likeness (QED) is 0.583. The Morgan fingerprint density at radius 3 is 2.67 bits per heavy atom. The second-order valence-corrected chi connectivity index (χ2v) is 7.17. The second-order valence-electron chi connectivity index (χ2n) is 6.25. The number of nitrogens with one attached hydrogen (secondary N) is 1. The Labute approximate surface area is 167 Å². The molecule has 27 heavy (non-hydrogen) atoms. The van der Waals surface area contributed by atoms with Gasteiger partial charge in [-0.25, -0.2) is 0 Å². The number of hydrogen-bond donors (Lipinski definition) is 1. The molecule has 2 aromatic carbocycles. The van der Waals surface area contributed by atoms with Gasteiger partial charge in [-0.1, -0.05) is 28.1 Å². The Balaban J connectivity index is 1.49. The van der Waals surface area contributed by atoms with Gasteiger partial charge >= 0.3 is 0 Å². The largest absolute Gasteiger partial charge is 0.493 e. The Kier molecular flexibility index (Phi) is 6.40. The van der Waals surface area contributed by atoms with Crippen molar-refractivity contribution in [1.29, 1.82) is 0 Å². The fraction of sp³-hybridized carbons (Fsp3) is 0.286. The molecule has 0 unspecified atom stereocenters. The number of carbonyl (C=O) groups excluding carboxylic acids is 1. The van der Waals surface area contributed by atoms with Crippen LogP contribution in [0.15, 0.2) is 53.1 Å². The van der Waals surface area contributed by atoms with Gasteiger partial charge in [0, 0.05) is 35.7 Å². The van der Waals surface area contributed by atoms with E-state index in [-0.39, 0.29) is 5.91 Å². The molecular weight excluding hydrogens is 408 g/mol. The average molecular weight is 431 g/mol. The normalized spacial score (nSPS) is 10.8. The van der Waals surface area contributed by atoms with E-state index in [0.717, 1.165) is 22.0 Å². The van der Waals surface area contributed by atoms with Gasteiger partial charge in [0.2, 0.25) is 5.91 Å². The van der Waals surface area contributed by atoms with Gasteiger partial charge in [0.15, 0.2) is 11.5 Å². The third-order valence-corrected chi connectivity index (χ3v) is 4.99. The van der Waals surface area contributed by atoms with Crippen LogP contribution in [0.25, 0.3) is 10.9 Å². The van der Waals surface area contributed by atoms with E-state index in [0.29, 0.717) is 31.0 Å². The van der Waals surface area contributed by atoms with Gasteiger partial charge in [-0.05, 0) is 47.7 Å². The first-order valence-electron chi connectivity index (χ1n) is 8.82. The van der Waals surface area contributed by atoms with Crippen molar-refractivity contribution in [2.75, 3.05) is 20.8 Å². The molecule has 0 radical (unpaired) electrons. The highest BCUT2D eigenvalue weighted by molar-refractivity contribution is 9.10. The molecule has 0 fully saturated rings. The highest BCUT2D eigenvalue weighted by atomic mass is 79.9. The lowest BCUT2D eigenvalue weighted by atomic mass is 10.1. The lowest BCUT2D eigenvalue weighted by Gasteiger charge is -2.10. The summed E-state index contributed by atoms with van der Waals surface area (Å²) >= 11 is 3.50. The Hall–Kier alpha value is -2.47. The van der Waals surface area contributed by atoms with Crippen molar-refractivity contribution < 1.29 is 14.3 Å². The Morgan fingerprint density at radius 2 is 1.89 bits per heavy atom. The van der Waals surface area contributed by atoms with E-state index < -0.39 is 0 Å². The predicted molar refractivity (Wildman–Crippen MR) is 111 cm³/mol. The number of benzene rings is 2. The number of halogens is 1. The molecule has 1 aromatic heterocycles. The summed E-state index contributed by atoms with van der Waals surface area (Å²) in [5.74, 6) is 1.45. The molecule has 3 rings (SSSR count). The summed E-state index contributed by atoms with van der Waals surface area (Å²) in [5, 5.41) is 4.16. The lowest BCUT2D eigenvalue weighted by Crippen LogP contribution is -2.26. The van der Waals surface area contributed by atoms with E-state index in [1.807, 2.05) is 30.5 Å². The summed E-state index contributed by atoms with van der Waals surface area (Å²) in [6.07, 6.45) is 3.21. The average Bonchev–Trinajstić information content (AvgIpc) is 3.08. The maximum absolute atomic E-state index is 12.2. The second kappa shape index (κ2) is 8.95. The molecule has 1 heterocycles. The first kappa shape index (κ1) is 19.3. The third-order valence-electron chi connectivity index (χ3n) is 4.50. The van der Waals surface area contributed by atoms with Crippen molar-refractivity contribution in [3.8, 4) is 11.5 Å². The van der Waals surface area contributed by atoms with Gasteiger partial charge in [0.05, 0.1) is 14.2 Å². The van der Waals surface area contributed by atoms with Gasteiger partial charge in [-0.2, -0.15) is 0 Å². The van der Waals surface area contributed by atoms with E-state index in [9.17, 15) is 4.79 Å². The van der Waals surface area contributed by atoms with Crippen molar-refractivity contribution in [1.82, 2.24) is 9.88 Å². The summed E-state index contributed by atoms with van der Waals surface area (Å²) in [5.41, 5.74) is 2.22. The van der Waals surface area contributed by atoms with Gasteiger partial charge in [0.1, 0.15) is 0 Å². The lowest BCUT2D eigenvalue weighted by molar-refractivity contribution is -0.121. The number of hydrogen-bond acceptors (Lipinski definition) is 3. The van der Waals surface area contributed by atoms with E-state index in [1.54, 1.807) is 14.2 Å². The van der Waals surface area contributed by atoms with E-state index in [4.69, 9.17) is 9.47 Å². The minimum absolute atomic E-state index is 0.0484. The summed E-state index contributed by atoms with van der Waals surface area (Å²) in [4.78, 5) is 12.2. The molecule has 6 heteroatoms. The molecule has 0 aliphatic heterocycles. The summed E-state index contributed by atoms with van der Waals surface area (Å²) < 4.78 is 13.7. The van der Waals surface area contributed by atoms with Crippen LogP contribution >= 0.6 is 15.9 Å². The molecule has 0 saturated carbocycles. The number of aromatic nitrogens is 1. The van der Waals surface area contributed by atoms with E-state index in [1.165, 1.54) is 5.39 Å².